The second kappa shape index (κ2) is 8.58. The van der Waals surface area contributed by atoms with Gasteiger partial charge in [0.2, 0.25) is 0 Å². The van der Waals surface area contributed by atoms with Crippen LogP contribution in [0, 0.1) is 0 Å². The van der Waals surface area contributed by atoms with Crippen molar-refractivity contribution < 1.29 is 0 Å². The summed E-state index contributed by atoms with van der Waals surface area (Å²) in [5.74, 6) is 0. The summed E-state index contributed by atoms with van der Waals surface area (Å²) in [6, 6.07) is 27.2. The molecule has 1 heterocycles. The molecule has 2 heteroatoms. The first-order valence-corrected chi connectivity index (χ1v) is 13.2. The molecule has 0 amide bonds. The first-order chi connectivity index (χ1) is 17.7. The minimum absolute atomic E-state index is 0.922. The van der Waals surface area contributed by atoms with E-state index in [1.54, 1.807) is 0 Å². The van der Waals surface area contributed by atoms with Crippen LogP contribution in [0.3, 0.4) is 0 Å². The van der Waals surface area contributed by atoms with Crippen LogP contribution in [0.25, 0.3) is 44.5 Å². The third-order valence-electron chi connectivity index (χ3n) is 8.25. The van der Waals surface area contributed by atoms with Gasteiger partial charge in [0.25, 0.3) is 0 Å². The van der Waals surface area contributed by atoms with E-state index in [9.17, 15) is 0 Å². The Hall–Kier alpha value is -3.46. The van der Waals surface area contributed by atoms with Crippen LogP contribution in [0.1, 0.15) is 35.1 Å². The van der Waals surface area contributed by atoms with Gasteiger partial charge in [-0.1, -0.05) is 84.9 Å². The Kier molecular flexibility index (Phi) is 5.20. The zero-order valence-electron chi connectivity index (χ0n) is 21.2. The van der Waals surface area contributed by atoms with Crippen LogP contribution in [0.4, 0.5) is 0 Å². The summed E-state index contributed by atoms with van der Waals surface area (Å²) in [7, 11) is 4.58. The molecule has 7 rings (SSSR count). The molecule has 0 saturated heterocycles. The van der Waals surface area contributed by atoms with Crippen LogP contribution in [0.15, 0.2) is 72.8 Å². The van der Waals surface area contributed by atoms with Crippen molar-refractivity contribution >= 4 is 44.5 Å². The van der Waals surface area contributed by atoms with Gasteiger partial charge in [0, 0.05) is 26.2 Å². The Morgan fingerprint density at radius 2 is 0.694 bits per heavy atom. The second-order valence-corrected chi connectivity index (χ2v) is 10.7. The maximum absolute atomic E-state index is 2.52. The third-order valence-corrected chi connectivity index (χ3v) is 8.25. The molecule has 0 spiro atoms. The highest BCUT2D eigenvalue weighted by atomic mass is 15.1. The number of hydrogen-bond donors (Lipinski definition) is 0. The lowest BCUT2D eigenvalue weighted by molar-refractivity contribution is 0.317. The number of fused-ring (bicyclic) bond motifs is 6. The van der Waals surface area contributed by atoms with Gasteiger partial charge in [0.15, 0.2) is 0 Å². The summed E-state index contributed by atoms with van der Waals surface area (Å²) in [4.78, 5) is 5.05. The van der Waals surface area contributed by atoms with Gasteiger partial charge in [-0.3, -0.25) is 9.80 Å². The molecule has 0 aromatic heterocycles. The van der Waals surface area contributed by atoms with Crippen LogP contribution in [0.5, 0.6) is 0 Å². The number of rotatable bonds is 0. The SMILES string of the molecule is CN1Cc2c3c(c(c4ccccc24)CN(C)Cc2c4ccccc4c(c4ccccc24)C1)=CCCC=3. The highest BCUT2D eigenvalue weighted by Crippen LogP contribution is 2.35. The molecule has 0 fully saturated rings. The number of hydrogen-bond acceptors (Lipinski definition) is 2. The second-order valence-electron chi connectivity index (χ2n) is 10.7. The Bertz CT molecular complexity index is 1590. The molecule has 0 saturated carbocycles. The predicted molar refractivity (Wildman–Crippen MR) is 153 cm³/mol. The lowest BCUT2D eigenvalue weighted by atomic mass is 9.89. The van der Waals surface area contributed by atoms with Crippen LogP contribution in [-0.4, -0.2) is 23.9 Å². The topological polar surface area (TPSA) is 6.48 Å². The van der Waals surface area contributed by atoms with Crippen molar-refractivity contribution in [3.8, 4) is 0 Å². The summed E-state index contributed by atoms with van der Waals surface area (Å²) in [5, 5.41) is 11.3. The van der Waals surface area contributed by atoms with E-state index in [1.165, 1.54) is 65.0 Å². The highest BCUT2D eigenvalue weighted by Gasteiger charge is 2.20. The fourth-order valence-corrected chi connectivity index (χ4v) is 6.73. The normalized spacial score (nSPS) is 16.7. The summed E-state index contributed by atoms with van der Waals surface area (Å²) < 4.78 is 0. The van der Waals surface area contributed by atoms with E-state index in [0.717, 1.165) is 39.0 Å². The van der Waals surface area contributed by atoms with Crippen molar-refractivity contribution in [2.45, 2.75) is 39.0 Å². The van der Waals surface area contributed by atoms with E-state index in [-0.39, 0.29) is 0 Å². The molecule has 0 unspecified atom stereocenters. The average molecular weight is 469 g/mol. The Morgan fingerprint density at radius 3 is 1.03 bits per heavy atom. The monoisotopic (exact) mass is 468 g/mol. The summed E-state index contributed by atoms with van der Waals surface area (Å²) >= 11 is 0. The fourth-order valence-electron chi connectivity index (χ4n) is 6.73. The Balaban J connectivity index is 1.56. The van der Waals surface area contributed by atoms with Gasteiger partial charge in [0.1, 0.15) is 0 Å². The van der Waals surface area contributed by atoms with Crippen molar-refractivity contribution in [2.75, 3.05) is 14.1 Å². The van der Waals surface area contributed by atoms with E-state index in [1.807, 2.05) is 0 Å². The van der Waals surface area contributed by atoms with Crippen LogP contribution < -0.4 is 10.4 Å². The number of benzene rings is 5. The van der Waals surface area contributed by atoms with Gasteiger partial charge in [-0.25, -0.2) is 0 Å². The van der Waals surface area contributed by atoms with Crippen LogP contribution in [-0.2, 0) is 26.2 Å². The molecule has 178 valence electrons. The molecule has 0 atom stereocenters. The van der Waals surface area contributed by atoms with E-state index in [2.05, 4.69) is 109 Å². The predicted octanol–water partition coefficient (Wildman–Crippen LogP) is 6.08. The smallest absolute Gasteiger partial charge is 0.0246 e. The van der Waals surface area contributed by atoms with Gasteiger partial charge < -0.3 is 0 Å². The molecule has 5 aromatic carbocycles. The van der Waals surface area contributed by atoms with Crippen molar-refractivity contribution in [1.82, 2.24) is 9.80 Å². The maximum atomic E-state index is 2.52. The molecular formula is C34H32N2. The van der Waals surface area contributed by atoms with Crippen molar-refractivity contribution in [3.05, 3.63) is 105 Å². The van der Waals surface area contributed by atoms with Crippen LogP contribution in [0.2, 0.25) is 0 Å². The van der Waals surface area contributed by atoms with Crippen molar-refractivity contribution in [3.63, 3.8) is 0 Å². The summed E-state index contributed by atoms with van der Waals surface area (Å²) in [6.45, 7) is 3.72. The largest absolute Gasteiger partial charge is 0.298 e. The van der Waals surface area contributed by atoms with Gasteiger partial charge in [-0.2, -0.15) is 0 Å². The lowest BCUT2D eigenvalue weighted by Crippen LogP contribution is -2.38. The molecule has 2 nitrogen and oxygen atoms in total. The minimum atomic E-state index is 0.922. The zero-order valence-corrected chi connectivity index (χ0v) is 21.2. The lowest BCUT2D eigenvalue weighted by Gasteiger charge is -2.27. The average Bonchev–Trinajstić information content (AvgIpc) is 2.92. The van der Waals surface area contributed by atoms with Gasteiger partial charge in [0.05, 0.1) is 0 Å². The summed E-state index contributed by atoms with van der Waals surface area (Å²) in [6.07, 6.45) is 7.26. The molecule has 4 bridgehead atoms. The van der Waals surface area contributed by atoms with Gasteiger partial charge in [-0.05, 0) is 91.9 Å². The first kappa shape index (κ1) is 21.8. The fraction of sp³-hybridized carbons (Fsp3) is 0.235. The highest BCUT2D eigenvalue weighted by molar-refractivity contribution is 6.05. The van der Waals surface area contributed by atoms with Gasteiger partial charge in [-0.15, -0.1) is 0 Å². The summed E-state index contributed by atoms with van der Waals surface area (Å²) in [5.41, 5.74) is 5.84. The van der Waals surface area contributed by atoms with Gasteiger partial charge >= 0.3 is 0 Å². The molecule has 0 N–H and O–H groups in total. The molecule has 36 heavy (non-hydrogen) atoms. The van der Waals surface area contributed by atoms with Crippen molar-refractivity contribution in [2.24, 2.45) is 0 Å². The maximum Gasteiger partial charge on any atom is 0.0246 e. The first-order valence-electron chi connectivity index (χ1n) is 13.2. The van der Waals surface area contributed by atoms with E-state index in [4.69, 9.17) is 0 Å². The van der Waals surface area contributed by atoms with E-state index >= 15 is 0 Å². The molecule has 1 aliphatic heterocycles. The molecular weight excluding hydrogens is 436 g/mol. The molecule has 5 aromatic rings. The zero-order chi connectivity index (χ0) is 24.2. The van der Waals surface area contributed by atoms with E-state index in [0.29, 0.717) is 0 Å². The molecule has 1 aliphatic carbocycles. The van der Waals surface area contributed by atoms with Crippen LogP contribution >= 0.6 is 0 Å². The third kappa shape index (κ3) is 3.40. The minimum Gasteiger partial charge on any atom is -0.298 e. The Labute approximate surface area is 212 Å². The Morgan fingerprint density at radius 1 is 0.417 bits per heavy atom. The van der Waals surface area contributed by atoms with Crippen molar-refractivity contribution in [1.29, 1.82) is 0 Å². The van der Waals surface area contributed by atoms with E-state index < -0.39 is 0 Å². The standard InChI is InChI=1S/C34H32N2/c1-35-19-31-23-11-3-7-15-27(23)33(28-16-8-4-12-24(28)31)21-36(2)22-34-29-17-9-5-13-25(29)32(20-35)26-14-6-10-18-30(26)34/h3-5,7-9,11-18H,6,10,19-22H2,1-2H3. The molecule has 0 radical (unpaired) electrons. The number of nitrogens with zero attached hydrogens (tertiary/aromatic N) is 2. The molecule has 2 aliphatic rings. The quantitative estimate of drug-likeness (QED) is 0.254.